The minimum atomic E-state index is -1.12. The molecule has 1 aromatic rings. The van der Waals surface area contributed by atoms with Crippen molar-refractivity contribution in [3.8, 4) is 0 Å². The first-order valence-corrected chi connectivity index (χ1v) is 6.01. The molecular formula is C10H12N2O4S. The number of hydrogen-bond donors (Lipinski definition) is 1. The van der Waals surface area contributed by atoms with E-state index in [0.29, 0.717) is 10.8 Å². The summed E-state index contributed by atoms with van der Waals surface area (Å²) < 4.78 is 9.88. The number of ether oxygens (including phenoxy) is 2. The van der Waals surface area contributed by atoms with Gasteiger partial charge < -0.3 is 15.2 Å². The average Bonchev–Trinajstić information content (AvgIpc) is 2.86. The van der Waals surface area contributed by atoms with Gasteiger partial charge in [0.15, 0.2) is 5.41 Å². The molecule has 0 bridgehead atoms. The van der Waals surface area contributed by atoms with Crippen molar-refractivity contribution in [1.29, 1.82) is 0 Å². The minimum Gasteiger partial charge on any atom is -0.465 e. The molecule has 7 heteroatoms. The number of anilines is 1. The van der Waals surface area contributed by atoms with Gasteiger partial charge >= 0.3 is 11.9 Å². The fraction of sp³-hybridized carbons (Fsp3) is 0.500. The average molecular weight is 256 g/mol. The summed E-state index contributed by atoms with van der Waals surface area (Å²) in [6.45, 7) is 1.92. The largest absolute Gasteiger partial charge is 0.465 e. The van der Waals surface area contributed by atoms with E-state index < -0.39 is 17.4 Å². The lowest BCUT2D eigenvalue weighted by Crippen LogP contribution is -2.38. The van der Waals surface area contributed by atoms with Crippen LogP contribution in [-0.4, -0.2) is 30.1 Å². The van der Waals surface area contributed by atoms with Crippen molar-refractivity contribution in [2.45, 2.75) is 18.8 Å². The van der Waals surface area contributed by atoms with Crippen molar-refractivity contribution in [2.75, 3.05) is 18.9 Å². The first kappa shape index (κ1) is 11.8. The Kier molecular flexibility index (Phi) is 3.01. The lowest BCUT2D eigenvalue weighted by Gasteiger charge is -2.20. The zero-order valence-electron chi connectivity index (χ0n) is 9.26. The van der Waals surface area contributed by atoms with Crippen LogP contribution in [0.25, 0.3) is 0 Å². The molecule has 0 radical (unpaired) electrons. The Balaban J connectivity index is 2.37. The van der Waals surface area contributed by atoms with Gasteiger partial charge in [-0.2, -0.15) is 0 Å². The molecule has 2 N–H and O–H groups in total. The third-order valence-electron chi connectivity index (χ3n) is 2.52. The Bertz CT molecular complexity index is 459. The lowest BCUT2D eigenvalue weighted by molar-refractivity contribution is -0.150. The molecule has 0 unspecified atom stereocenters. The summed E-state index contributed by atoms with van der Waals surface area (Å²) in [7, 11) is 0. The summed E-state index contributed by atoms with van der Waals surface area (Å²) in [6.07, 6.45) is -0.0429. The number of thiazole rings is 1. The Hall–Kier alpha value is -1.63. The molecule has 0 aliphatic carbocycles. The van der Waals surface area contributed by atoms with E-state index in [1.165, 1.54) is 11.3 Å². The first-order chi connectivity index (χ1) is 8.08. The third-order valence-corrected chi connectivity index (χ3v) is 3.59. The van der Waals surface area contributed by atoms with Crippen LogP contribution in [-0.2, 0) is 24.5 Å². The van der Waals surface area contributed by atoms with E-state index in [4.69, 9.17) is 15.2 Å². The maximum absolute atomic E-state index is 12.0. The quantitative estimate of drug-likeness (QED) is 0.790. The van der Waals surface area contributed by atoms with Crippen molar-refractivity contribution >= 4 is 29.1 Å². The van der Waals surface area contributed by atoms with E-state index in [9.17, 15) is 9.59 Å². The van der Waals surface area contributed by atoms with Crippen LogP contribution in [0.15, 0.2) is 5.38 Å². The topological polar surface area (TPSA) is 91.5 Å². The minimum absolute atomic E-state index is 0.0301. The second kappa shape index (κ2) is 4.33. The third kappa shape index (κ3) is 1.97. The van der Waals surface area contributed by atoms with Gasteiger partial charge in [0, 0.05) is 5.38 Å². The van der Waals surface area contributed by atoms with Gasteiger partial charge in [0.05, 0.1) is 13.0 Å². The summed E-state index contributed by atoms with van der Waals surface area (Å²) in [6, 6.07) is 0. The van der Waals surface area contributed by atoms with Crippen LogP contribution in [0.4, 0.5) is 5.82 Å². The highest BCUT2D eigenvalue weighted by atomic mass is 32.1. The highest BCUT2D eigenvalue weighted by molar-refractivity contribution is 7.10. The molecule has 17 heavy (non-hydrogen) atoms. The van der Waals surface area contributed by atoms with Crippen molar-refractivity contribution in [3.05, 3.63) is 10.4 Å². The Morgan fingerprint density at radius 3 is 3.00 bits per heavy atom. The van der Waals surface area contributed by atoms with Gasteiger partial charge in [0.25, 0.3) is 0 Å². The molecule has 1 saturated heterocycles. The van der Waals surface area contributed by atoms with Crippen LogP contribution in [0, 0.1) is 0 Å². The van der Waals surface area contributed by atoms with Crippen molar-refractivity contribution in [3.63, 3.8) is 0 Å². The number of carbonyl (C=O) groups is 2. The Morgan fingerprint density at radius 2 is 2.53 bits per heavy atom. The molecule has 0 saturated carbocycles. The van der Waals surface area contributed by atoms with E-state index in [0.717, 1.165) is 0 Å². The highest BCUT2D eigenvalue weighted by Gasteiger charge is 2.52. The molecule has 92 valence electrons. The molecule has 2 rings (SSSR count). The Labute approximate surface area is 102 Å². The molecule has 6 nitrogen and oxygen atoms in total. The van der Waals surface area contributed by atoms with Crippen molar-refractivity contribution in [1.82, 2.24) is 4.98 Å². The maximum atomic E-state index is 12.0. The normalized spacial score (nSPS) is 23.5. The number of cyclic esters (lactones) is 1. The zero-order chi connectivity index (χ0) is 12.5. The molecule has 1 fully saturated rings. The van der Waals surface area contributed by atoms with Gasteiger partial charge in [-0.25, -0.2) is 4.98 Å². The number of carbonyl (C=O) groups excluding carboxylic acids is 2. The van der Waals surface area contributed by atoms with Crippen LogP contribution < -0.4 is 5.73 Å². The van der Waals surface area contributed by atoms with Gasteiger partial charge in [-0.15, -0.1) is 11.3 Å². The van der Waals surface area contributed by atoms with Crippen molar-refractivity contribution in [2.24, 2.45) is 0 Å². The molecular weight excluding hydrogens is 244 g/mol. The number of hydrogen-bond acceptors (Lipinski definition) is 7. The molecule has 1 aliphatic rings. The molecule has 0 amide bonds. The number of nitrogens with two attached hydrogens (primary N) is 1. The van der Waals surface area contributed by atoms with E-state index >= 15 is 0 Å². The number of nitrogen functional groups attached to an aromatic ring is 1. The zero-order valence-corrected chi connectivity index (χ0v) is 10.1. The predicted molar refractivity (Wildman–Crippen MR) is 60.4 cm³/mol. The lowest BCUT2D eigenvalue weighted by atomic mass is 9.88. The van der Waals surface area contributed by atoms with Gasteiger partial charge in [-0.3, -0.25) is 9.59 Å². The van der Waals surface area contributed by atoms with Gasteiger partial charge in [-0.05, 0) is 6.92 Å². The first-order valence-electron chi connectivity index (χ1n) is 5.13. The predicted octanol–water partition coefficient (Wildman–Crippen LogP) is 0.473. The van der Waals surface area contributed by atoms with Crippen LogP contribution in [0.5, 0.6) is 0 Å². The second-order valence-corrected chi connectivity index (χ2v) is 4.58. The summed E-state index contributed by atoms with van der Waals surface area (Å²) in [5.41, 5.74) is 4.42. The Morgan fingerprint density at radius 1 is 1.76 bits per heavy atom. The van der Waals surface area contributed by atoms with E-state index in [-0.39, 0.29) is 19.6 Å². The van der Waals surface area contributed by atoms with Crippen LogP contribution in [0.3, 0.4) is 0 Å². The molecule has 2 heterocycles. The molecule has 0 spiro atoms. The fourth-order valence-electron chi connectivity index (χ4n) is 1.68. The number of esters is 2. The molecule has 1 aliphatic heterocycles. The summed E-state index contributed by atoms with van der Waals surface area (Å²) in [4.78, 5) is 27.3. The van der Waals surface area contributed by atoms with Crippen molar-refractivity contribution < 1.29 is 19.1 Å². The number of rotatable bonds is 3. The second-order valence-electron chi connectivity index (χ2n) is 3.72. The highest BCUT2D eigenvalue weighted by Crippen LogP contribution is 2.37. The number of nitrogens with zero attached hydrogens (tertiary/aromatic N) is 1. The number of aromatic nitrogens is 1. The molecule has 1 aromatic heterocycles. The summed E-state index contributed by atoms with van der Waals surface area (Å²) in [5.74, 6) is -0.583. The monoisotopic (exact) mass is 256 g/mol. The molecule has 1 atom stereocenters. The SMILES string of the molecule is CCOC(=O)[C@]1(c2nc(N)cs2)COC(=O)C1. The summed E-state index contributed by atoms with van der Waals surface area (Å²) in [5, 5.41) is 2.10. The van der Waals surface area contributed by atoms with Crippen LogP contribution in [0.2, 0.25) is 0 Å². The van der Waals surface area contributed by atoms with E-state index in [2.05, 4.69) is 4.98 Å². The van der Waals surface area contributed by atoms with E-state index in [1.54, 1.807) is 12.3 Å². The summed E-state index contributed by atoms with van der Waals surface area (Å²) >= 11 is 1.23. The maximum Gasteiger partial charge on any atom is 0.323 e. The van der Waals surface area contributed by atoms with Crippen LogP contribution >= 0.6 is 11.3 Å². The van der Waals surface area contributed by atoms with Gasteiger partial charge in [0.2, 0.25) is 0 Å². The van der Waals surface area contributed by atoms with Gasteiger partial charge in [-0.1, -0.05) is 0 Å². The standard InChI is InChI=1S/C10H12N2O4S/c1-2-15-9(14)10(3-7(13)16-5-10)8-12-6(11)4-17-8/h4H,2-3,5,11H2,1H3/t10-/m0/s1. The molecule has 0 aromatic carbocycles. The van der Waals surface area contributed by atoms with E-state index in [1.807, 2.05) is 0 Å². The van der Waals surface area contributed by atoms with Gasteiger partial charge in [0.1, 0.15) is 17.4 Å². The van der Waals surface area contributed by atoms with Crippen LogP contribution in [0.1, 0.15) is 18.4 Å². The fourth-order valence-corrected chi connectivity index (χ4v) is 2.57. The smallest absolute Gasteiger partial charge is 0.323 e.